The zero-order valence-electron chi connectivity index (χ0n) is 11.4. The highest BCUT2D eigenvalue weighted by Gasteiger charge is 2.15. The zero-order chi connectivity index (χ0) is 14.1. The maximum absolute atomic E-state index is 5.47. The Hall–Kier alpha value is -2.48. The number of nitrogen functional groups attached to an aromatic ring is 1. The third-order valence-electron chi connectivity index (χ3n) is 3.06. The first-order chi connectivity index (χ1) is 9.76. The lowest BCUT2D eigenvalue weighted by molar-refractivity contribution is 0.768. The van der Waals surface area contributed by atoms with E-state index in [9.17, 15) is 0 Å². The summed E-state index contributed by atoms with van der Waals surface area (Å²) in [6.07, 6.45) is 6.87. The first-order valence-electron chi connectivity index (χ1n) is 6.52. The fourth-order valence-electron chi connectivity index (χ4n) is 2.07. The lowest BCUT2D eigenvalue weighted by Crippen LogP contribution is -2.13. The molecular formula is C12H16N8. The van der Waals surface area contributed by atoms with Crippen LogP contribution >= 0.6 is 0 Å². The van der Waals surface area contributed by atoms with E-state index >= 15 is 0 Å². The first-order valence-corrected chi connectivity index (χ1v) is 6.52. The fraction of sp³-hybridized carbons (Fsp3) is 0.333. The molecule has 3 aromatic rings. The molecule has 20 heavy (non-hydrogen) atoms. The monoisotopic (exact) mass is 272 g/mol. The first kappa shape index (κ1) is 12.5. The molecule has 0 bridgehead atoms. The van der Waals surface area contributed by atoms with Gasteiger partial charge < -0.3 is 9.83 Å². The lowest BCUT2D eigenvalue weighted by atomic mass is 10.4. The molecule has 3 aromatic heterocycles. The summed E-state index contributed by atoms with van der Waals surface area (Å²) in [6, 6.07) is 0. The van der Waals surface area contributed by atoms with E-state index < -0.39 is 0 Å². The predicted molar refractivity (Wildman–Crippen MR) is 74.5 cm³/mol. The number of hydrogen-bond donors (Lipinski definition) is 2. The van der Waals surface area contributed by atoms with Crippen molar-refractivity contribution >= 4 is 11.5 Å². The number of nitrogens with one attached hydrogen (secondary N) is 1. The van der Waals surface area contributed by atoms with Gasteiger partial charge in [-0.2, -0.15) is 4.68 Å². The van der Waals surface area contributed by atoms with Gasteiger partial charge in [-0.15, -0.1) is 5.10 Å². The molecular weight excluding hydrogens is 256 g/mol. The topological polar surface area (TPSA) is 99.0 Å². The number of hydrogen-bond acceptors (Lipinski definition) is 6. The Balaban J connectivity index is 2.27. The van der Waals surface area contributed by atoms with E-state index in [4.69, 9.17) is 5.84 Å². The number of nitrogens with zero attached hydrogens (tertiary/aromatic N) is 6. The largest absolute Gasteiger partial charge is 0.307 e. The van der Waals surface area contributed by atoms with Crippen LogP contribution in [0.1, 0.15) is 25.5 Å². The van der Waals surface area contributed by atoms with E-state index in [0.29, 0.717) is 17.3 Å². The molecule has 0 unspecified atom stereocenters. The van der Waals surface area contributed by atoms with Gasteiger partial charge in [-0.25, -0.2) is 20.8 Å². The predicted octanol–water partition coefficient (Wildman–Crippen LogP) is 0.720. The quantitative estimate of drug-likeness (QED) is 0.536. The second-order valence-electron chi connectivity index (χ2n) is 4.32. The SMILES string of the molecule is CCc1nc(CC)n(-c2nc(NN)cn3ccnc23)n1. The Labute approximate surface area is 115 Å². The summed E-state index contributed by atoms with van der Waals surface area (Å²) >= 11 is 0. The van der Waals surface area contributed by atoms with Gasteiger partial charge in [0.2, 0.25) is 5.82 Å². The van der Waals surface area contributed by atoms with Crippen molar-refractivity contribution in [3.05, 3.63) is 30.2 Å². The van der Waals surface area contributed by atoms with Crippen molar-refractivity contribution in [3.8, 4) is 5.82 Å². The number of hydrazine groups is 1. The van der Waals surface area contributed by atoms with Gasteiger partial charge in [0.25, 0.3) is 0 Å². The molecule has 3 rings (SSSR count). The molecule has 3 N–H and O–H groups in total. The minimum Gasteiger partial charge on any atom is -0.307 e. The van der Waals surface area contributed by atoms with Crippen molar-refractivity contribution in [1.29, 1.82) is 0 Å². The number of rotatable bonds is 4. The third-order valence-corrected chi connectivity index (χ3v) is 3.06. The Morgan fingerprint density at radius 3 is 2.80 bits per heavy atom. The molecule has 0 amide bonds. The third kappa shape index (κ3) is 1.90. The standard InChI is InChI=1S/C12H16N8/c1-3-8-15-10(4-2)20(18-8)12-11-14-5-6-19(11)7-9(16-12)17-13/h5-7,17H,3-4,13H2,1-2H3. The van der Waals surface area contributed by atoms with Crippen LogP contribution in [0.5, 0.6) is 0 Å². The van der Waals surface area contributed by atoms with Crippen LogP contribution in [0.2, 0.25) is 0 Å². The fourth-order valence-corrected chi connectivity index (χ4v) is 2.07. The molecule has 0 aliphatic carbocycles. The van der Waals surface area contributed by atoms with Gasteiger partial charge in [0, 0.05) is 25.2 Å². The second kappa shape index (κ2) is 4.89. The van der Waals surface area contributed by atoms with Crippen molar-refractivity contribution in [1.82, 2.24) is 29.1 Å². The van der Waals surface area contributed by atoms with Gasteiger partial charge in [-0.3, -0.25) is 0 Å². The highest BCUT2D eigenvalue weighted by Crippen LogP contribution is 2.17. The Morgan fingerprint density at radius 2 is 2.10 bits per heavy atom. The van der Waals surface area contributed by atoms with Crippen LogP contribution in [0.4, 0.5) is 5.82 Å². The second-order valence-corrected chi connectivity index (χ2v) is 4.32. The molecule has 104 valence electrons. The van der Waals surface area contributed by atoms with Crippen molar-refractivity contribution in [3.63, 3.8) is 0 Å². The Kier molecular flexibility index (Phi) is 3.07. The Bertz CT molecular complexity index is 741. The van der Waals surface area contributed by atoms with E-state index in [0.717, 1.165) is 24.5 Å². The number of fused-ring (bicyclic) bond motifs is 1. The summed E-state index contributed by atoms with van der Waals surface area (Å²) in [4.78, 5) is 13.3. The van der Waals surface area contributed by atoms with Gasteiger partial charge >= 0.3 is 0 Å². The molecule has 0 aromatic carbocycles. The number of imidazole rings is 1. The number of aryl methyl sites for hydroxylation is 2. The number of anilines is 1. The van der Waals surface area contributed by atoms with Crippen molar-refractivity contribution in [2.24, 2.45) is 5.84 Å². The van der Waals surface area contributed by atoms with Gasteiger partial charge in [0.15, 0.2) is 17.3 Å². The average Bonchev–Trinajstić information content (AvgIpc) is 3.11. The average molecular weight is 272 g/mol. The van der Waals surface area contributed by atoms with Crippen LogP contribution < -0.4 is 11.3 Å². The van der Waals surface area contributed by atoms with Crippen LogP contribution in [0.15, 0.2) is 18.6 Å². The van der Waals surface area contributed by atoms with Crippen molar-refractivity contribution < 1.29 is 0 Å². The molecule has 8 nitrogen and oxygen atoms in total. The van der Waals surface area contributed by atoms with Crippen LogP contribution in [-0.2, 0) is 12.8 Å². The smallest absolute Gasteiger partial charge is 0.201 e. The highest BCUT2D eigenvalue weighted by atomic mass is 15.4. The number of nitrogens with two attached hydrogens (primary N) is 1. The summed E-state index contributed by atoms with van der Waals surface area (Å²) < 4.78 is 3.59. The normalized spacial score (nSPS) is 11.2. The van der Waals surface area contributed by atoms with Crippen LogP contribution in [0.25, 0.3) is 11.5 Å². The molecule has 0 saturated heterocycles. The van der Waals surface area contributed by atoms with E-state index in [1.165, 1.54) is 0 Å². The summed E-state index contributed by atoms with van der Waals surface area (Å²) in [5.41, 5.74) is 3.27. The molecule has 0 radical (unpaired) electrons. The number of aromatic nitrogens is 6. The molecule has 0 fully saturated rings. The molecule has 0 atom stereocenters. The van der Waals surface area contributed by atoms with Gasteiger partial charge in [0.1, 0.15) is 5.82 Å². The maximum atomic E-state index is 5.47. The minimum absolute atomic E-state index is 0.543. The zero-order valence-corrected chi connectivity index (χ0v) is 11.4. The van der Waals surface area contributed by atoms with E-state index in [1.54, 1.807) is 17.1 Å². The van der Waals surface area contributed by atoms with E-state index in [1.807, 2.05) is 24.4 Å². The Morgan fingerprint density at radius 1 is 1.25 bits per heavy atom. The molecule has 3 heterocycles. The maximum Gasteiger partial charge on any atom is 0.201 e. The van der Waals surface area contributed by atoms with Gasteiger partial charge in [0.05, 0.1) is 6.20 Å². The van der Waals surface area contributed by atoms with Crippen LogP contribution in [-0.4, -0.2) is 29.1 Å². The molecule has 0 saturated carbocycles. The van der Waals surface area contributed by atoms with E-state index in [2.05, 4.69) is 25.5 Å². The summed E-state index contributed by atoms with van der Waals surface area (Å²) in [5.74, 6) is 8.28. The molecule has 0 aliphatic heterocycles. The molecule has 8 heteroatoms. The summed E-state index contributed by atoms with van der Waals surface area (Å²) in [5, 5.41) is 4.50. The van der Waals surface area contributed by atoms with Crippen LogP contribution in [0, 0.1) is 0 Å². The molecule has 0 spiro atoms. The van der Waals surface area contributed by atoms with E-state index in [-0.39, 0.29) is 0 Å². The van der Waals surface area contributed by atoms with Gasteiger partial charge in [-0.1, -0.05) is 13.8 Å². The van der Waals surface area contributed by atoms with Crippen molar-refractivity contribution in [2.45, 2.75) is 26.7 Å². The lowest BCUT2D eigenvalue weighted by Gasteiger charge is -2.08. The highest BCUT2D eigenvalue weighted by molar-refractivity contribution is 5.57. The summed E-state index contributed by atoms with van der Waals surface area (Å²) in [6.45, 7) is 4.06. The van der Waals surface area contributed by atoms with Gasteiger partial charge in [-0.05, 0) is 0 Å². The summed E-state index contributed by atoms with van der Waals surface area (Å²) in [7, 11) is 0. The van der Waals surface area contributed by atoms with Crippen molar-refractivity contribution in [2.75, 3.05) is 5.43 Å². The molecule has 0 aliphatic rings. The minimum atomic E-state index is 0.543. The van der Waals surface area contributed by atoms with Crippen LogP contribution in [0.3, 0.4) is 0 Å².